The molecule has 0 N–H and O–H groups in total. The zero-order chi connectivity index (χ0) is 4.41. The minimum Gasteiger partial charge on any atom is -1.00 e. The smallest absolute Gasteiger partial charge is 1.00 e. The Hall–Kier alpha value is 0.946. The maximum absolute atomic E-state index is 2.97. The van der Waals surface area contributed by atoms with Crippen LogP contribution in [0.3, 0.4) is 0 Å². The molecule has 1 aromatic heterocycles. The zero-order valence-electron chi connectivity index (χ0n) is 4.65. The van der Waals surface area contributed by atoms with Crippen LogP contribution in [0.25, 0.3) is 0 Å². The maximum Gasteiger partial charge on any atom is 2.00 e. The molecule has 0 fully saturated rings. The van der Waals surface area contributed by atoms with E-state index in [1.807, 2.05) is 6.07 Å². The van der Waals surface area contributed by atoms with Crippen molar-refractivity contribution in [1.82, 2.24) is 0 Å². The van der Waals surface area contributed by atoms with Crippen LogP contribution in [0.1, 0.15) is 5.56 Å². The normalized spacial score (nSPS) is 6.62. The first kappa shape index (κ1) is 11.7. The van der Waals surface area contributed by atoms with E-state index in [2.05, 4.69) is 17.7 Å². The average Bonchev–Trinajstić information content (AvgIpc) is 1.86. The van der Waals surface area contributed by atoms with E-state index in [4.69, 9.17) is 0 Å². The second kappa shape index (κ2) is 6.07. The van der Waals surface area contributed by atoms with Crippen LogP contribution in [0.2, 0.25) is 0 Å². The fourth-order valence-corrected chi connectivity index (χ4v) is 0.864. The molecule has 0 bridgehead atoms. The molecule has 1 rings (SSSR count). The van der Waals surface area contributed by atoms with Gasteiger partial charge in [-0.2, -0.15) is 17.0 Å². The molecular formula is C5H5BrMgS. The molecule has 0 aromatic carbocycles. The zero-order valence-corrected chi connectivity index (χ0v) is 8.46. The summed E-state index contributed by atoms with van der Waals surface area (Å²) >= 11 is 1.61. The molecule has 40 valence electrons. The monoisotopic (exact) mass is 200 g/mol. The van der Waals surface area contributed by atoms with Crippen molar-refractivity contribution in [2.45, 2.75) is 6.92 Å². The Labute approximate surface area is 80.2 Å². The predicted molar refractivity (Wildman–Crippen MR) is 33.6 cm³/mol. The molecule has 0 spiro atoms. The van der Waals surface area contributed by atoms with E-state index in [1.165, 1.54) is 5.56 Å². The minimum absolute atomic E-state index is 0. The number of thiophene rings is 1. The molecule has 0 saturated heterocycles. The van der Waals surface area contributed by atoms with Gasteiger partial charge in [-0.05, 0) is 0 Å². The van der Waals surface area contributed by atoms with E-state index in [-0.39, 0.29) is 40.0 Å². The van der Waals surface area contributed by atoms with Gasteiger partial charge in [-0.1, -0.05) is 6.92 Å². The molecule has 0 radical (unpaired) electrons. The minimum atomic E-state index is 0. The molecule has 3 heteroatoms. The van der Waals surface area contributed by atoms with Crippen LogP contribution in [-0.2, 0) is 0 Å². The standard InChI is InChI=1S/C5H5S.BrH.Mg/c1-5-2-3-6-4-5;;/h2,4H,1H3;1H;/q-1;;+2/p-1. The van der Waals surface area contributed by atoms with Crippen LogP contribution in [0.15, 0.2) is 11.4 Å². The number of hydrogen-bond acceptors (Lipinski definition) is 1. The molecular weight excluding hydrogens is 196 g/mol. The van der Waals surface area contributed by atoms with Gasteiger partial charge in [-0.25, -0.2) is 0 Å². The molecule has 0 amide bonds. The molecule has 0 unspecified atom stereocenters. The Morgan fingerprint density at radius 2 is 2.25 bits per heavy atom. The molecule has 0 aliphatic heterocycles. The second-order valence-electron chi connectivity index (χ2n) is 1.24. The summed E-state index contributed by atoms with van der Waals surface area (Å²) in [6, 6.07) is 1.98. The number of aryl methyl sites for hydroxylation is 1. The van der Waals surface area contributed by atoms with E-state index in [0.717, 1.165) is 0 Å². The van der Waals surface area contributed by atoms with Gasteiger partial charge in [0.15, 0.2) is 0 Å². The molecule has 1 aromatic rings. The van der Waals surface area contributed by atoms with Crippen LogP contribution in [0.4, 0.5) is 0 Å². The van der Waals surface area contributed by atoms with Crippen molar-refractivity contribution >= 4 is 34.4 Å². The van der Waals surface area contributed by atoms with Crippen LogP contribution >= 0.6 is 11.3 Å². The fraction of sp³-hybridized carbons (Fsp3) is 0.200. The van der Waals surface area contributed by atoms with Gasteiger partial charge >= 0.3 is 23.1 Å². The maximum atomic E-state index is 2.97. The van der Waals surface area contributed by atoms with Crippen LogP contribution in [0.5, 0.6) is 0 Å². The van der Waals surface area contributed by atoms with Gasteiger partial charge in [0.1, 0.15) is 0 Å². The summed E-state index contributed by atoms with van der Waals surface area (Å²) in [6.45, 7) is 2.06. The largest absolute Gasteiger partial charge is 2.00 e. The summed E-state index contributed by atoms with van der Waals surface area (Å²) in [5, 5.41) is 5.04. The first-order valence-corrected chi connectivity index (χ1v) is 2.69. The van der Waals surface area contributed by atoms with Crippen molar-refractivity contribution < 1.29 is 17.0 Å². The van der Waals surface area contributed by atoms with E-state index in [9.17, 15) is 0 Å². The Morgan fingerprint density at radius 1 is 1.62 bits per heavy atom. The molecule has 1 heterocycles. The number of rotatable bonds is 0. The Balaban J connectivity index is 0. The molecule has 0 atom stereocenters. The van der Waals surface area contributed by atoms with Gasteiger partial charge < -0.3 is 28.3 Å². The van der Waals surface area contributed by atoms with E-state index >= 15 is 0 Å². The first-order valence-electron chi connectivity index (χ1n) is 1.81. The SMILES string of the molecule is Cc1c[c-]sc1.[Br-].[Mg+2]. The Bertz CT molecular complexity index is 116. The van der Waals surface area contributed by atoms with Gasteiger partial charge in [-0.3, -0.25) is 0 Å². The van der Waals surface area contributed by atoms with E-state index < -0.39 is 0 Å². The van der Waals surface area contributed by atoms with E-state index in [0.29, 0.717) is 0 Å². The van der Waals surface area contributed by atoms with Gasteiger partial charge in [0.05, 0.1) is 0 Å². The number of hydrogen-bond donors (Lipinski definition) is 0. The summed E-state index contributed by atoms with van der Waals surface area (Å²) in [7, 11) is 0. The third-order valence-corrected chi connectivity index (χ3v) is 1.34. The Morgan fingerprint density at radius 3 is 2.38 bits per heavy atom. The van der Waals surface area contributed by atoms with Gasteiger partial charge in [0.2, 0.25) is 0 Å². The van der Waals surface area contributed by atoms with Crippen LogP contribution in [0, 0.1) is 12.3 Å². The Kier molecular flexibility index (Phi) is 8.89. The molecule has 0 aliphatic rings. The predicted octanol–water partition coefficient (Wildman–Crippen LogP) is -1.52. The molecule has 8 heavy (non-hydrogen) atoms. The molecule has 0 aliphatic carbocycles. The van der Waals surface area contributed by atoms with Gasteiger partial charge in [-0.15, -0.1) is 5.38 Å². The second-order valence-corrected chi connectivity index (χ2v) is 1.95. The fourth-order valence-electron chi connectivity index (χ4n) is 0.288. The van der Waals surface area contributed by atoms with Crippen molar-refractivity contribution in [1.29, 1.82) is 0 Å². The van der Waals surface area contributed by atoms with Crippen molar-refractivity contribution in [3.05, 3.63) is 22.4 Å². The first-order chi connectivity index (χ1) is 2.89. The van der Waals surface area contributed by atoms with Crippen LogP contribution in [-0.4, -0.2) is 23.1 Å². The van der Waals surface area contributed by atoms with Gasteiger partial charge in [0.25, 0.3) is 0 Å². The quantitative estimate of drug-likeness (QED) is 0.353. The van der Waals surface area contributed by atoms with Gasteiger partial charge in [0, 0.05) is 0 Å². The summed E-state index contributed by atoms with van der Waals surface area (Å²) in [6.07, 6.45) is 0. The van der Waals surface area contributed by atoms with Crippen molar-refractivity contribution in [3.8, 4) is 0 Å². The third kappa shape index (κ3) is 3.89. The molecule has 0 nitrogen and oxygen atoms in total. The topological polar surface area (TPSA) is 0 Å². The average molecular weight is 201 g/mol. The summed E-state index contributed by atoms with van der Waals surface area (Å²) in [5.41, 5.74) is 1.31. The summed E-state index contributed by atoms with van der Waals surface area (Å²) < 4.78 is 0. The molecule has 0 saturated carbocycles. The van der Waals surface area contributed by atoms with Crippen molar-refractivity contribution in [3.63, 3.8) is 0 Å². The summed E-state index contributed by atoms with van der Waals surface area (Å²) in [4.78, 5) is 0. The number of halogens is 1. The van der Waals surface area contributed by atoms with Crippen molar-refractivity contribution in [2.75, 3.05) is 0 Å². The van der Waals surface area contributed by atoms with Crippen LogP contribution < -0.4 is 17.0 Å². The third-order valence-electron chi connectivity index (χ3n) is 0.599. The van der Waals surface area contributed by atoms with E-state index in [1.54, 1.807) is 11.3 Å². The van der Waals surface area contributed by atoms with Crippen molar-refractivity contribution in [2.24, 2.45) is 0 Å². The summed E-state index contributed by atoms with van der Waals surface area (Å²) in [5.74, 6) is 0.